The van der Waals surface area contributed by atoms with Gasteiger partial charge in [-0.05, 0) is 24.6 Å². The minimum absolute atomic E-state index is 0.171. The Morgan fingerprint density at radius 2 is 1.95 bits per heavy atom. The van der Waals surface area contributed by atoms with E-state index in [-0.39, 0.29) is 22.7 Å². The van der Waals surface area contributed by atoms with Crippen LogP contribution in [0.3, 0.4) is 0 Å². The van der Waals surface area contributed by atoms with E-state index in [1.165, 1.54) is 12.1 Å². The highest BCUT2D eigenvalue weighted by Gasteiger charge is 2.34. The van der Waals surface area contributed by atoms with Gasteiger partial charge in [0.1, 0.15) is 4.99 Å². The van der Waals surface area contributed by atoms with E-state index in [1.54, 1.807) is 0 Å². The molecule has 1 rings (SSSR count). The van der Waals surface area contributed by atoms with Crippen LogP contribution in [0.2, 0.25) is 0 Å². The summed E-state index contributed by atoms with van der Waals surface area (Å²) < 4.78 is 38.6. The van der Waals surface area contributed by atoms with Gasteiger partial charge in [0.25, 0.3) is 0 Å². The zero-order chi connectivity index (χ0) is 15.3. The van der Waals surface area contributed by atoms with Crippen LogP contribution < -0.4 is 16.8 Å². The molecular formula is C12H14F3N3OS. The van der Waals surface area contributed by atoms with Crippen molar-refractivity contribution < 1.29 is 18.0 Å². The summed E-state index contributed by atoms with van der Waals surface area (Å²) in [5.41, 5.74) is 9.42. The van der Waals surface area contributed by atoms with E-state index in [9.17, 15) is 18.0 Å². The van der Waals surface area contributed by atoms with Gasteiger partial charge in [-0.15, -0.1) is 0 Å². The lowest BCUT2D eigenvalue weighted by atomic mass is 10.1. The summed E-state index contributed by atoms with van der Waals surface area (Å²) >= 11 is 4.60. The number of nitrogens with one attached hydrogen (secondary N) is 1. The van der Waals surface area contributed by atoms with Crippen molar-refractivity contribution in [3.63, 3.8) is 0 Å². The highest BCUT2D eigenvalue weighted by molar-refractivity contribution is 7.80. The molecule has 110 valence electrons. The first-order chi connectivity index (χ1) is 9.21. The fraction of sp³-hybridized carbons (Fsp3) is 0.333. The highest BCUT2D eigenvalue weighted by Crippen LogP contribution is 2.33. The van der Waals surface area contributed by atoms with Crippen LogP contribution in [-0.4, -0.2) is 17.4 Å². The number of benzene rings is 1. The molecule has 1 aromatic carbocycles. The average Bonchev–Trinajstić information content (AvgIpc) is 2.33. The molecule has 0 saturated carbocycles. The fourth-order valence-corrected chi connectivity index (χ4v) is 1.78. The average molecular weight is 305 g/mol. The molecular weight excluding hydrogens is 291 g/mol. The Morgan fingerprint density at radius 1 is 1.30 bits per heavy atom. The lowest BCUT2D eigenvalue weighted by molar-refractivity contribution is -0.137. The number of carbonyl (C=O) groups excluding carboxylic acids is 1. The third-order valence-electron chi connectivity index (χ3n) is 2.52. The van der Waals surface area contributed by atoms with Crippen LogP contribution in [0.15, 0.2) is 18.2 Å². The monoisotopic (exact) mass is 305 g/mol. The Morgan fingerprint density at radius 3 is 2.45 bits per heavy atom. The fourth-order valence-electron chi connectivity index (χ4n) is 1.60. The SMILES string of the molecule is NC(=O)CCCNc1ccc(C(N)=S)c(C(F)(F)F)c1. The van der Waals surface area contributed by atoms with Crippen LogP contribution in [-0.2, 0) is 11.0 Å². The second-order valence-electron chi connectivity index (χ2n) is 4.12. The summed E-state index contributed by atoms with van der Waals surface area (Å²) in [6.45, 7) is 0.340. The quantitative estimate of drug-likeness (QED) is 0.555. The number of anilines is 1. The van der Waals surface area contributed by atoms with Gasteiger partial charge in [-0.2, -0.15) is 13.2 Å². The van der Waals surface area contributed by atoms with Crippen molar-refractivity contribution in [1.29, 1.82) is 0 Å². The molecule has 0 saturated heterocycles. The standard InChI is InChI=1S/C12H14F3N3OS/c13-12(14,15)9-6-7(3-4-8(9)11(17)20)18-5-1-2-10(16)19/h3-4,6,18H,1-2,5H2,(H2,16,19)(H2,17,20). The molecule has 0 spiro atoms. The maximum atomic E-state index is 12.9. The van der Waals surface area contributed by atoms with Gasteiger partial charge >= 0.3 is 6.18 Å². The van der Waals surface area contributed by atoms with Crippen molar-refractivity contribution >= 4 is 28.8 Å². The third-order valence-corrected chi connectivity index (χ3v) is 2.74. The number of primary amides is 1. The Bertz CT molecular complexity index is 517. The second kappa shape index (κ2) is 6.56. The summed E-state index contributed by atoms with van der Waals surface area (Å²) in [4.78, 5) is 10.2. The number of rotatable bonds is 6. The largest absolute Gasteiger partial charge is 0.417 e. The maximum Gasteiger partial charge on any atom is 0.417 e. The van der Waals surface area contributed by atoms with Crippen LogP contribution in [0.1, 0.15) is 24.0 Å². The Hall–Kier alpha value is -1.83. The first kappa shape index (κ1) is 16.2. The van der Waals surface area contributed by atoms with Crippen LogP contribution in [0.25, 0.3) is 0 Å². The minimum Gasteiger partial charge on any atom is -0.389 e. The number of halogens is 3. The molecule has 1 amide bonds. The van der Waals surface area contributed by atoms with E-state index >= 15 is 0 Å². The Balaban J connectivity index is 2.85. The molecule has 0 aliphatic carbocycles. The van der Waals surface area contributed by atoms with Gasteiger partial charge in [0, 0.05) is 24.2 Å². The molecule has 0 bridgehead atoms. The molecule has 0 radical (unpaired) electrons. The number of carbonyl (C=O) groups is 1. The molecule has 0 atom stereocenters. The maximum absolute atomic E-state index is 12.9. The second-order valence-corrected chi connectivity index (χ2v) is 4.56. The van der Waals surface area contributed by atoms with Crippen molar-refractivity contribution in [3.8, 4) is 0 Å². The predicted octanol–water partition coefficient (Wildman–Crippen LogP) is 2.02. The highest BCUT2D eigenvalue weighted by atomic mass is 32.1. The van der Waals surface area contributed by atoms with E-state index in [2.05, 4.69) is 17.5 Å². The summed E-state index contributed by atoms with van der Waals surface area (Å²) in [6, 6.07) is 3.62. The lowest BCUT2D eigenvalue weighted by Crippen LogP contribution is -2.18. The van der Waals surface area contributed by atoms with Gasteiger partial charge in [-0.25, -0.2) is 0 Å². The Kier molecular flexibility index (Phi) is 5.32. The predicted molar refractivity (Wildman–Crippen MR) is 74.2 cm³/mol. The topological polar surface area (TPSA) is 81.1 Å². The van der Waals surface area contributed by atoms with Crippen LogP contribution in [0, 0.1) is 0 Å². The number of nitrogens with two attached hydrogens (primary N) is 2. The van der Waals surface area contributed by atoms with Crippen molar-refractivity contribution in [2.75, 3.05) is 11.9 Å². The van der Waals surface area contributed by atoms with E-state index in [1.807, 2.05) is 0 Å². The van der Waals surface area contributed by atoms with Gasteiger partial charge < -0.3 is 16.8 Å². The van der Waals surface area contributed by atoms with Crippen molar-refractivity contribution in [2.24, 2.45) is 11.5 Å². The van der Waals surface area contributed by atoms with Crippen LogP contribution in [0.5, 0.6) is 0 Å². The van der Waals surface area contributed by atoms with E-state index in [0.29, 0.717) is 13.0 Å². The van der Waals surface area contributed by atoms with Gasteiger partial charge in [-0.1, -0.05) is 12.2 Å². The van der Waals surface area contributed by atoms with E-state index in [4.69, 9.17) is 11.5 Å². The van der Waals surface area contributed by atoms with Crippen molar-refractivity contribution in [1.82, 2.24) is 0 Å². The van der Waals surface area contributed by atoms with Crippen molar-refractivity contribution in [2.45, 2.75) is 19.0 Å². The third kappa shape index (κ3) is 4.69. The molecule has 20 heavy (non-hydrogen) atoms. The number of amides is 1. The number of hydrogen-bond donors (Lipinski definition) is 3. The first-order valence-electron chi connectivity index (χ1n) is 5.75. The Labute approximate surface area is 119 Å². The summed E-state index contributed by atoms with van der Waals surface area (Å²) in [5.74, 6) is -0.452. The normalized spacial score (nSPS) is 11.2. The smallest absolute Gasteiger partial charge is 0.389 e. The summed E-state index contributed by atoms with van der Waals surface area (Å²) in [7, 11) is 0. The molecule has 0 aliphatic rings. The molecule has 8 heteroatoms. The summed E-state index contributed by atoms with van der Waals surface area (Å²) in [5, 5.41) is 2.79. The van der Waals surface area contributed by atoms with E-state index in [0.717, 1.165) is 6.07 Å². The zero-order valence-electron chi connectivity index (χ0n) is 10.5. The molecule has 0 fully saturated rings. The van der Waals surface area contributed by atoms with Gasteiger partial charge in [0.15, 0.2) is 0 Å². The first-order valence-corrected chi connectivity index (χ1v) is 6.16. The number of thiocarbonyl (C=S) groups is 1. The number of hydrogen-bond acceptors (Lipinski definition) is 3. The molecule has 5 N–H and O–H groups in total. The lowest BCUT2D eigenvalue weighted by Gasteiger charge is -2.14. The molecule has 0 aliphatic heterocycles. The molecule has 0 unspecified atom stereocenters. The van der Waals surface area contributed by atoms with E-state index < -0.39 is 17.6 Å². The minimum atomic E-state index is -4.54. The molecule has 4 nitrogen and oxygen atoms in total. The summed E-state index contributed by atoms with van der Waals surface area (Å²) in [6.07, 6.45) is -3.93. The molecule has 0 heterocycles. The molecule has 1 aromatic rings. The zero-order valence-corrected chi connectivity index (χ0v) is 11.3. The molecule has 0 aromatic heterocycles. The number of alkyl halides is 3. The van der Waals surface area contributed by atoms with Crippen LogP contribution >= 0.6 is 12.2 Å². The van der Waals surface area contributed by atoms with Gasteiger partial charge in [0.2, 0.25) is 5.91 Å². The van der Waals surface area contributed by atoms with Gasteiger partial charge in [-0.3, -0.25) is 4.79 Å². The van der Waals surface area contributed by atoms with Crippen molar-refractivity contribution in [3.05, 3.63) is 29.3 Å². The van der Waals surface area contributed by atoms with Gasteiger partial charge in [0.05, 0.1) is 5.56 Å². The van der Waals surface area contributed by atoms with Crippen LogP contribution in [0.4, 0.5) is 18.9 Å².